The topological polar surface area (TPSA) is 117 Å². The maximum Gasteiger partial charge on any atom is 0.212 e. The van der Waals surface area contributed by atoms with Crippen LogP contribution in [0.2, 0.25) is 0 Å². The Balaban J connectivity index is 0.00000400. The molecule has 0 spiro atoms. The van der Waals surface area contributed by atoms with E-state index in [0.717, 1.165) is 37.3 Å². The molecule has 0 bridgehead atoms. The van der Waals surface area contributed by atoms with Crippen LogP contribution in [0.3, 0.4) is 0 Å². The number of nitrogens with zero attached hydrogens (tertiary/aromatic N) is 2. The van der Waals surface area contributed by atoms with Crippen molar-refractivity contribution in [2.24, 2.45) is 5.92 Å². The number of hydrogen-bond acceptors (Lipinski definition) is 8. The standard InChI is InChI=1S/C25H35F2N5O3S2.ClH/c1-15(2)14-37(34,35)31-18-7-5-17(6-8-18)29-25-30-24(28)23(36-25)22(33)21-19(26)11-16(12-20(21)27)13-32-9-3-4-10-32;/h11-12,15,17-18,31H,3-10,13-14,28H2,1-2H3,(H,29,30);1H/t17-,18-;. The van der Waals surface area contributed by atoms with Gasteiger partial charge in [-0.1, -0.05) is 25.2 Å². The minimum Gasteiger partial charge on any atom is -0.382 e. The third-order valence-corrected chi connectivity index (χ3v) is 9.55. The first-order valence-corrected chi connectivity index (χ1v) is 15.3. The zero-order chi connectivity index (χ0) is 26.7. The van der Waals surface area contributed by atoms with Crippen LogP contribution >= 0.6 is 23.7 Å². The molecule has 1 aliphatic carbocycles. The fourth-order valence-electron chi connectivity index (χ4n) is 5.07. The summed E-state index contributed by atoms with van der Waals surface area (Å²) in [5, 5.41) is 3.65. The lowest BCUT2D eigenvalue weighted by Crippen LogP contribution is -2.41. The van der Waals surface area contributed by atoms with E-state index in [1.807, 2.05) is 13.8 Å². The Bertz CT molecular complexity index is 1200. The van der Waals surface area contributed by atoms with Crippen LogP contribution in [0.25, 0.3) is 0 Å². The summed E-state index contributed by atoms with van der Waals surface area (Å²) < 4.78 is 56.9. The number of rotatable bonds is 10. The van der Waals surface area contributed by atoms with Crippen LogP contribution in [0.4, 0.5) is 19.7 Å². The van der Waals surface area contributed by atoms with E-state index in [-0.39, 0.29) is 46.9 Å². The van der Waals surface area contributed by atoms with Gasteiger partial charge in [-0.15, -0.1) is 12.4 Å². The molecule has 1 saturated heterocycles. The minimum atomic E-state index is -3.31. The second kappa shape index (κ2) is 13.0. The van der Waals surface area contributed by atoms with Gasteiger partial charge in [-0.05, 0) is 75.2 Å². The fraction of sp³-hybridized carbons (Fsp3) is 0.600. The van der Waals surface area contributed by atoms with Crippen molar-refractivity contribution in [2.45, 2.75) is 71.0 Å². The second-order valence-electron chi connectivity index (χ2n) is 10.5. The number of halogens is 3. The number of nitrogen functional groups attached to an aromatic ring is 1. The smallest absolute Gasteiger partial charge is 0.212 e. The fourth-order valence-corrected chi connectivity index (χ4v) is 7.70. The summed E-state index contributed by atoms with van der Waals surface area (Å²) in [4.78, 5) is 19.4. The monoisotopic (exact) mass is 591 g/mol. The van der Waals surface area contributed by atoms with Gasteiger partial charge < -0.3 is 11.1 Å². The molecule has 4 N–H and O–H groups in total. The second-order valence-corrected chi connectivity index (χ2v) is 13.3. The molecule has 1 aromatic carbocycles. The first kappa shape index (κ1) is 30.7. The Morgan fingerprint density at radius 2 is 1.71 bits per heavy atom. The summed E-state index contributed by atoms with van der Waals surface area (Å²) in [6.45, 7) is 5.97. The molecule has 2 fully saturated rings. The van der Waals surface area contributed by atoms with Crippen molar-refractivity contribution in [1.29, 1.82) is 0 Å². The predicted molar refractivity (Wildman–Crippen MR) is 150 cm³/mol. The van der Waals surface area contributed by atoms with E-state index in [1.54, 1.807) is 0 Å². The highest BCUT2D eigenvalue weighted by Gasteiger charge is 2.28. The molecule has 0 radical (unpaired) electrons. The van der Waals surface area contributed by atoms with Gasteiger partial charge in [0, 0.05) is 18.6 Å². The molecule has 8 nitrogen and oxygen atoms in total. The summed E-state index contributed by atoms with van der Waals surface area (Å²) >= 11 is 0.972. The van der Waals surface area contributed by atoms with Crippen molar-refractivity contribution in [3.63, 3.8) is 0 Å². The SMILES string of the molecule is CC(C)CS(=O)(=O)N[C@H]1CC[C@H](Nc2nc(N)c(C(=O)c3c(F)cc(CN4CCCC4)cc3F)s2)CC1.Cl. The number of nitrogens with two attached hydrogens (primary N) is 1. The molecular weight excluding hydrogens is 556 g/mol. The quantitative estimate of drug-likeness (QED) is 0.347. The summed E-state index contributed by atoms with van der Waals surface area (Å²) in [6, 6.07) is 2.36. The molecule has 0 amide bonds. The number of carbonyl (C=O) groups is 1. The first-order chi connectivity index (χ1) is 17.5. The van der Waals surface area contributed by atoms with E-state index < -0.39 is 33.0 Å². The number of carbonyl (C=O) groups excluding carboxylic acids is 1. The molecule has 13 heteroatoms. The zero-order valence-corrected chi connectivity index (χ0v) is 24.1. The number of likely N-dealkylation sites (tertiary alicyclic amines) is 1. The highest BCUT2D eigenvalue weighted by Crippen LogP contribution is 2.32. The molecule has 1 aromatic heterocycles. The van der Waals surface area contributed by atoms with E-state index in [0.29, 0.717) is 42.9 Å². The number of hydrogen-bond donors (Lipinski definition) is 3. The lowest BCUT2D eigenvalue weighted by Gasteiger charge is -2.29. The van der Waals surface area contributed by atoms with Crippen molar-refractivity contribution in [3.8, 4) is 0 Å². The maximum absolute atomic E-state index is 14.9. The van der Waals surface area contributed by atoms with Gasteiger partial charge in [0.15, 0.2) is 5.13 Å². The van der Waals surface area contributed by atoms with E-state index in [1.165, 1.54) is 12.1 Å². The number of aromatic nitrogens is 1. The minimum absolute atomic E-state index is 0. The summed E-state index contributed by atoms with van der Waals surface area (Å²) in [5.74, 6) is -2.55. The normalized spacial score (nSPS) is 20.4. The first-order valence-electron chi connectivity index (χ1n) is 12.8. The van der Waals surface area contributed by atoms with Crippen LogP contribution < -0.4 is 15.8 Å². The highest BCUT2D eigenvalue weighted by molar-refractivity contribution is 7.89. The van der Waals surface area contributed by atoms with Crippen molar-refractivity contribution in [1.82, 2.24) is 14.6 Å². The van der Waals surface area contributed by atoms with E-state index in [2.05, 4.69) is 19.9 Å². The van der Waals surface area contributed by atoms with Crippen LogP contribution in [0.1, 0.15) is 73.2 Å². The number of nitrogens with one attached hydrogen (secondary N) is 2. The van der Waals surface area contributed by atoms with Gasteiger partial charge in [-0.25, -0.2) is 26.9 Å². The molecule has 4 rings (SSSR count). The molecule has 0 atom stereocenters. The largest absolute Gasteiger partial charge is 0.382 e. The van der Waals surface area contributed by atoms with Crippen molar-refractivity contribution in [2.75, 3.05) is 29.9 Å². The van der Waals surface area contributed by atoms with Gasteiger partial charge in [-0.2, -0.15) is 0 Å². The van der Waals surface area contributed by atoms with Crippen LogP contribution in [0.5, 0.6) is 0 Å². The summed E-state index contributed by atoms with van der Waals surface area (Å²) in [7, 11) is -3.31. The van der Waals surface area contributed by atoms with Crippen molar-refractivity contribution < 1.29 is 22.0 Å². The molecule has 0 unspecified atom stereocenters. The Morgan fingerprint density at radius 1 is 1.13 bits per heavy atom. The van der Waals surface area contributed by atoms with Gasteiger partial charge >= 0.3 is 0 Å². The maximum atomic E-state index is 14.9. The van der Waals surface area contributed by atoms with Crippen LogP contribution in [0, 0.1) is 17.6 Å². The molecule has 38 heavy (non-hydrogen) atoms. The van der Waals surface area contributed by atoms with E-state index >= 15 is 0 Å². The van der Waals surface area contributed by atoms with Gasteiger partial charge in [-0.3, -0.25) is 9.69 Å². The number of anilines is 2. The zero-order valence-electron chi connectivity index (χ0n) is 21.6. The van der Waals surface area contributed by atoms with E-state index in [4.69, 9.17) is 5.73 Å². The van der Waals surface area contributed by atoms with Crippen LogP contribution in [-0.4, -0.2) is 55.0 Å². The summed E-state index contributed by atoms with van der Waals surface area (Å²) in [6.07, 6.45) is 4.89. The van der Waals surface area contributed by atoms with Crippen LogP contribution in [0.15, 0.2) is 12.1 Å². The molecule has 1 saturated carbocycles. The predicted octanol–water partition coefficient (Wildman–Crippen LogP) is 4.55. The van der Waals surface area contributed by atoms with Gasteiger partial charge in [0.2, 0.25) is 15.8 Å². The Labute approximate surface area is 233 Å². The molecule has 212 valence electrons. The van der Waals surface area contributed by atoms with E-state index in [9.17, 15) is 22.0 Å². The molecule has 2 aromatic rings. The number of sulfonamides is 1. The Hall–Kier alpha value is -1.86. The Morgan fingerprint density at radius 3 is 2.29 bits per heavy atom. The molecule has 2 heterocycles. The van der Waals surface area contributed by atoms with Crippen molar-refractivity contribution in [3.05, 3.63) is 39.8 Å². The number of thiazole rings is 1. The average Bonchev–Trinajstić information content (AvgIpc) is 3.42. The van der Waals surface area contributed by atoms with Gasteiger partial charge in [0.05, 0.1) is 11.3 Å². The van der Waals surface area contributed by atoms with Gasteiger partial charge in [0.1, 0.15) is 22.3 Å². The molecular formula is C25H36ClF2N5O3S2. The number of benzene rings is 1. The highest BCUT2D eigenvalue weighted by atomic mass is 35.5. The third kappa shape index (κ3) is 7.84. The Kier molecular flexibility index (Phi) is 10.5. The van der Waals surface area contributed by atoms with Gasteiger partial charge in [0.25, 0.3) is 0 Å². The summed E-state index contributed by atoms with van der Waals surface area (Å²) in [5.41, 5.74) is 5.84. The van der Waals surface area contributed by atoms with Crippen LogP contribution in [-0.2, 0) is 16.6 Å². The number of ketones is 1. The van der Waals surface area contributed by atoms with Crippen molar-refractivity contribution >= 4 is 50.5 Å². The lowest BCUT2D eigenvalue weighted by molar-refractivity contribution is 0.103. The lowest BCUT2D eigenvalue weighted by atomic mass is 9.92. The average molecular weight is 592 g/mol. The molecule has 1 aliphatic heterocycles. The molecule has 2 aliphatic rings. The third-order valence-electron chi connectivity index (χ3n) is 6.75.